The third-order valence-electron chi connectivity index (χ3n) is 6.99. The Morgan fingerprint density at radius 1 is 1.31 bits per heavy atom. The Labute approximate surface area is 192 Å². The van der Waals surface area contributed by atoms with Crippen LogP contribution < -0.4 is 0 Å². The van der Waals surface area contributed by atoms with E-state index in [-0.39, 0.29) is 48.1 Å². The lowest BCUT2D eigenvalue weighted by molar-refractivity contribution is -0.150. The number of carboxylic acid groups (broad SMARTS) is 1. The van der Waals surface area contributed by atoms with E-state index in [1.165, 1.54) is 0 Å². The van der Waals surface area contributed by atoms with Crippen LogP contribution in [-0.2, 0) is 19.0 Å². The van der Waals surface area contributed by atoms with Gasteiger partial charge in [0.2, 0.25) is 0 Å². The minimum atomic E-state index is -0.917. The highest BCUT2D eigenvalue weighted by Gasteiger charge is 2.56. The van der Waals surface area contributed by atoms with Crippen molar-refractivity contribution in [3.63, 3.8) is 0 Å². The van der Waals surface area contributed by atoms with Gasteiger partial charge >= 0.3 is 5.97 Å². The van der Waals surface area contributed by atoms with Crippen LogP contribution in [0.3, 0.4) is 0 Å². The van der Waals surface area contributed by atoms with E-state index >= 15 is 0 Å². The molecule has 7 heteroatoms. The molecule has 0 aromatic carbocycles. The van der Waals surface area contributed by atoms with Crippen molar-refractivity contribution >= 4 is 5.97 Å². The summed E-state index contributed by atoms with van der Waals surface area (Å²) in [5.74, 6) is -0.632. The molecule has 0 aromatic rings. The maximum atomic E-state index is 11.0. The number of rotatable bonds is 11. The van der Waals surface area contributed by atoms with E-state index in [0.29, 0.717) is 6.42 Å². The number of aliphatic hydroxyl groups excluding tert-OH is 2. The minimum Gasteiger partial charge on any atom is -0.481 e. The van der Waals surface area contributed by atoms with Crippen LogP contribution in [0.5, 0.6) is 0 Å². The highest BCUT2D eigenvalue weighted by molar-refractivity contribution is 5.67. The predicted octanol–water partition coefficient (Wildman–Crippen LogP) is 3.33. The van der Waals surface area contributed by atoms with E-state index in [2.05, 4.69) is 26.8 Å². The minimum absolute atomic E-state index is 0.0549. The van der Waals surface area contributed by atoms with Crippen LogP contribution in [0.2, 0.25) is 0 Å². The summed E-state index contributed by atoms with van der Waals surface area (Å²) in [6.45, 7) is 11.9. The Morgan fingerprint density at radius 2 is 1.97 bits per heavy atom. The van der Waals surface area contributed by atoms with Gasteiger partial charge in [0, 0.05) is 25.4 Å². The van der Waals surface area contributed by atoms with Crippen LogP contribution in [0.4, 0.5) is 0 Å². The second-order valence-electron chi connectivity index (χ2n) is 10.1. The summed E-state index contributed by atoms with van der Waals surface area (Å²) in [4.78, 5) is 11.0. The third kappa shape index (κ3) is 6.87. The second kappa shape index (κ2) is 11.3. The second-order valence-corrected chi connectivity index (χ2v) is 10.1. The molecule has 2 aliphatic rings. The molecule has 0 radical (unpaired) electrons. The molecule has 32 heavy (non-hydrogen) atoms. The fourth-order valence-corrected chi connectivity index (χ4v) is 5.23. The SMILES string of the molecule is CO[C@H]([C@@H](C)[C@H]1O[C@]1(C)C[C@H](C)/C=C/C=C(\C)[C@@H]1O[C@@H](CC(=O)O)C[C@@H](O)[C@H]1C)[C@@H](C)O. The van der Waals surface area contributed by atoms with Crippen LogP contribution in [0.15, 0.2) is 23.8 Å². The van der Waals surface area contributed by atoms with Crippen molar-refractivity contribution in [3.05, 3.63) is 23.8 Å². The molecule has 2 aliphatic heterocycles. The smallest absolute Gasteiger partial charge is 0.305 e. The Kier molecular flexibility index (Phi) is 9.49. The predicted molar refractivity (Wildman–Crippen MR) is 122 cm³/mol. The summed E-state index contributed by atoms with van der Waals surface area (Å²) < 4.78 is 17.5. The van der Waals surface area contributed by atoms with E-state index in [1.807, 2.05) is 26.0 Å². The Hall–Kier alpha value is -1.25. The number of hydrogen-bond donors (Lipinski definition) is 3. The van der Waals surface area contributed by atoms with Gasteiger partial charge in [-0.1, -0.05) is 39.0 Å². The number of allylic oxidation sites excluding steroid dienone is 3. The fourth-order valence-electron chi connectivity index (χ4n) is 5.23. The first-order valence-electron chi connectivity index (χ1n) is 11.7. The number of methoxy groups -OCH3 is 1. The highest BCUT2D eigenvalue weighted by atomic mass is 16.6. The molecule has 10 atom stereocenters. The molecule has 0 amide bonds. The molecule has 0 spiro atoms. The van der Waals surface area contributed by atoms with Crippen LogP contribution in [-0.4, -0.2) is 70.6 Å². The summed E-state index contributed by atoms with van der Waals surface area (Å²) >= 11 is 0. The van der Waals surface area contributed by atoms with E-state index in [0.717, 1.165) is 12.0 Å². The molecule has 2 fully saturated rings. The number of carboxylic acids is 1. The summed E-state index contributed by atoms with van der Waals surface area (Å²) in [7, 11) is 1.62. The van der Waals surface area contributed by atoms with Crippen LogP contribution >= 0.6 is 0 Å². The monoisotopic (exact) mass is 454 g/mol. The lowest BCUT2D eigenvalue weighted by Crippen LogP contribution is -2.44. The molecule has 3 N–H and O–H groups in total. The van der Waals surface area contributed by atoms with Crippen LogP contribution in [0.1, 0.15) is 60.8 Å². The fraction of sp³-hybridized carbons (Fsp3) is 0.800. The summed E-state index contributed by atoms with van der Waals surface area (Å²) in [6.07, 6.45) is 5.12. The largest absolute Gasteiger partial charge is 0.481 e. The topological polar surface area (TPSA) is 109 Å². The van der Waals surface area contributed by atoms with Crippen molar-refractivity contribution in [2.45, 2.75) is 103 Å². The summed E-state index contributed by atoms with van der Waals surface area (Å²) in [6, 6.07) is 0. The summed E-state index contributed by atoms with van der Waals surface area (Å²) in [5, 5.41) is 29.3. The quantitative estimate of drug-likeness (QED) is 0.324. The number of aliphatic hydroxyl groups is 2. The van der Waals surface area contributed by atoms with Crippen molar-refractivity contribution in [1.82, 2.24) is 0 Å². The molecule has 0 bridgehead atoms. The van der Waals surface area contributed by atoms with Gasteiger partial charge < -0.3 is 29.5 Å². The maximum Gasteiger partial charge on any atom is 0.305 e. The Balaban J connectivity index is 1.93. The van der Waals surface area contributed by atoms with Gasteiger partial charge in [-0.3, -0.25) is 4.79 Å². The first-order chi connectivity index (χ1) is 14.9. The average molecular weight is 455 g/mol. The molecule has 2 saturated heterocycles. The van der Waals surface area contributed by atoms with Gasteiger partial charge in [-0.15, -0.1) is 0 Å². The van der Waals surface area contributed by atoms with E-state index in [1.54, 1.807) is 14.0 Å². The molecule has 0 aromatic heterocycles. The Bertz CT molecular complexity index is 688. The zero-order valence-electron chi connectivity index (χ0n) is 20.5. The lowest BCUT2D eigenvalue weighted by atomic mass is 9.85. The van der Waals surface area contributed by atoms with Gasteiger partial charge in [-0.2, -0.15) is 0 Å². The van der Waals surface area contributed by atoms with Crippen molar-refractivity contribution in [1.29, 1.82) is 0 Å². The molecule has 7 nitrogen and oxygen atoms in total. The number of aliphatic carboxylic acids is 1. The van der Waals surface area contributed by atoms with Crippen LogP contribution in [0.25, 0.3) is 0 Å². The first kappa shape index (κ1) is 27.0. The van der Waals surface area contributed by atoms with Crippen molar-refractivity contribution in [2.75, 3.05) is 7.11 Å². The number of carbonyl (C=O) groups is 1. The van der Waals surface area contributed by atoms with Gasteiger partial charge in [-0.05, 0) is 38.7 Å². The maximum absolute atomic E-state index is 11.0. The molecular weight excluding hydrogens is 412 g/mol. The third-order valence-corrected chi connectivity index (χ3v) is 6.99. The average Bonchev–Trinajstić information content (AvgIpc) is 3.34. The molecule has 2 heterocycles. The van der Waals surface area contributed by atoms with E-state index in [4.69, 9.17) is 19.3 Å². The van der Waals surface area contributed by atoms with Gasteiger partial charge in [0.05, 0.1) is 48.6 Å². The van der Waals surface area contributed by atoms with E-state index in [9.17, 15) is 15.0 Å². The normalized spacial score (nSPS) is 37.2. The standard InChI is InChI=1S/C25H42O7/c1-14(13-25(6)24(32-25)17(4)23(30-7)18(5)26)9-8-10-15(2)22-16(3)20(27)11-19(31-22)12-21(28)29/h8-10,14,16-20,22-24,26-27H,11-13H2,1-7H3,(H,28,29)/b9-8+,15-10+/t14-,16-,17-,18-,19-,20-,22+,23-,24-,25-/m1/s1. The molecule has 184 valence electrons. The number of hydrogen-bond acceptors (Lipinski definition) is 6. The molecule has 0 aliphatic carbocycles. The van der Waals surface area contributed by atoms with Gasteiger partial charge in [0.1, 0.15) is 0 Å². The van der Waals surface area contributed by atoms with Gasteiger partial charge in [0.25, 0.3) is 0 Å². The first-order valence-corrected chi connectivity index (χ1v) is 11.7. The van der Waals surface area contributed by atoms with Crippen molar-refractivity contribution < 1.29 is 34.3 Å². The van der Waals surface area contributed by atoms with E-state index < -0.39 is 24.3 Å². The number of ether oxygens (including phenoxy) is 3. The van der Waals surface area contributed by atoms with Crippen LogP contribution in [0, 0.1) is 17.8 Å². The van der Waals surface area contributed by atoms with Gasteiger partial charge in [-0.25, -0.2) is 0 Å². The zero-order valence-corrected chi connectivity index (χ0v) is 20.5. The van der Waals surface area contributed by atoms with Crippen molar-refractivity contribution in [3.8, 4) is 0 Å². The summed E-state index contributed by atoms with van der Waals surface area (Å²) in [5.41, 5.74) is 0.735. The molecular formula is C25H42O7. The molecule has 0 unspecified atom stereocenters. The molecule has 0 saturated carbocycles. The molecule has 2 rings (SSSR count). The van der Waals surface area contributed by atoms with Crippen molar-refractivity contribution in [2.24, 2.45) is 17.8 Å². The van der Waals surface area contributed by atoms with Gasteiger partial charge in [0.15, 0.2) is 0 Å². The Morgan fingerprint density at radius 3 is 2.53 bits per heavy atom. The zero-order chi connectivity index (χ0) is 24.2. The lowest BCUT2D eigenvalue weighted by Gasteiger charge is -2.38. The number of epoxide rings is 1. The highest BCUT2D eigenvalue weighted by Crippen LogP contribution is 2.47.